The Labute approximate surface area is 86.6 Å². The minimum atomic E-state index is -1.01. The van der Waals surface area contributed by atoms with Gasteiger partial charge in [0.2, 0.25) is 0 Å². The summed E-state index contributed by atoms with van der Waals surface area (Å²) in [6.07, 6.45) is 1.38. The Morgan fingerprint density at radius 3 is 3.00 bits per heavy atom. The first-order chi connectivity index (χ1) is 7.11. The van der Waals surface area contributed by atoms with E-state index in [1.165, 1.54) is 6.07 Å². The number of fused-ring (bicyclic) bond motifs is 1. The van der Waals surface area contributed by atoms with Gasteiger partial charge in [0, 0.05) is 11.6 Å². The molecule has 2 radical (unpaired) electrons. The predicted molar refractivity (Wildman–Crippen MR) is 52.3 cm³/mol. The smallest absolute Gasteiger partial charge is 0.304 e. The second-order valence-corrected chi connectivity index (χ2v) is 3.32. The number of rotatable bonds is 1. The van der Waals surface area contributed by atoms with Gasteiger partial charge in [-0.1, -0.05) is 0 Å². The summed E-state index contributed by atoms with van der Waals surface area (Å²) in [6, 6.07) is 1.19. The Hall–Kier alpha value is -1.59. The standard InChI is InChI=1S/C9H7BFNO3/c10-7-8(11)6(12(13)14)4-5-2-1-3-15-9(5)7/h4H,1-3H2. The number of aryl methyl sites for hydroxylation is 1. The highest BCUT2D eigenvalue weighted by Crippen LogP contribution is 2.28. The van der Waals surface area contributed by atoms with Crippen molar-refractivity contribution in [2.24, 2.45) is 0 Å². The fraction of sp³-hybridized carbons (Fsp3) is 0.333. The van der Waals surface area contributed by atoms with Crippen LogP contribution in [0.3, 0.4) is 0 Å². The topological polar surface area (TPSA) is 52.4 Å². The number of benzene rings is 1. The van der Waals surface area contributed by atoms with Gasteiger partial charge in [0.1, 0.15) is 13.6 Å². The highest BCUT2D eigenvalue weighted by atomic mass is 19.1. The van der Waals surface area contributed by atoms with Crippen molar-refractivity contribution in [3.63, 3.8) is 0 Å². The maximum atomic E-state index is 13.4. The van der Waals surface area contributed by atoms with Crippen LogP contribution in [0.1, 0.15) is 12.0 Å². The second-order valence-electron chi connectivity index (χ2n) is 3.32. The molecule has 1 aliphatic rings. The first-order valence-corrected chi connectivity index (χ1v) is 4.49. The first-order valence-electron chi connectivity index (χ1n) is 4.49. The van der Waals surface area contributed by atoms with E-state index in [1.54, 1.807) is 0 Å². The third-order valence-electron chi connectivity index (χ3n) is 2.34. The maximum absolute atomic E-state index is 13.4. The van der Waals surface area contributed by atoms with Gasteiger partial charge in [-0.05, 0) is 18.3 Å². The van der Waals surface area contributed by atoms with Crippen LogP contribution in [0.4, 0.5) is 10.1 Å². The Morgan fingerprint density at radius 2 is 2.33 bits per heavy atom. The fourth-order valence-electron chi connectivity index (χ4n) is 1.63. The SMILES string of the molecule is [B]c1c(F)c([N+](=O)[O-])cc2c1OCCC2. The summed E-state index contributed by atoms with van der Waals surface area (Å²) in [4.78, 5) is 9.75. The molecule has 1 aromatic carbocycles. The summed E-state index contributed by atoms with van der Waals surface area (Å²) in [5.41, 5.74) is -0.248. The molecule has 0 amide bonds. The van der Waals surface area contributed by atoms with Gasteiger partial charge < -0.3 is 4.74 Å². The van der Waals surface area contributed by atoms with Gasteiger partial charge in [0.25, 0.3) is 0 Å². The lowest BCUT2D eigenvalue weighted by Gasteiger charge is -2.19. The number of hydrogen-bond acceptors (Lipinski definition) is 3. The van der Waals surface area contributed by atoms with Gasteiger partial charge >= 0.3 is 5.69 Å². The zero-order valence-electron chi connectivity index (χ0n) is 7.83. The van der Waals surface area contributed by atoms with E-state index in [9.17, 15) is 14.5 Å². The largest absolute Gasteiger partial charge is 0.494 e. The molecule has 1 aromatic rings. The van der Waals surface area contributed by atoms with Crippen LogP contribution in [0.25, 0.3) is 0 Å². The highest BCUT2D eigenvalue weighted by Gasteiger charge is 2.24. The van der Waals surface area contributed by atoms with Crippen LogP contribution in [0.5, 0.6) is 5.75 Å². The van der Waals surface area contributed by atoms with Crippen molar-refractivity contribution in [1.29, 1.82) is 0 Å². The molecule has 0 saturated carbocycles. The molecule has 15 heavy (non-hydrogen) atoms. The molecule has 0 unspecified atom stereocenters. The van der Waals surface area contributed by atoms with E-state index >= 15 is 0 Å². The third kappa shape index (κ3) is 1.56. The van der Waals surface area contributed by atoms with Gasteiger partial charge in [-0.15, -0.1) is 0 Å². The molecule has 0 aliphatic carbocycles. The Kier molecular flexibility index (Phi) is 2.34. The molecule has 0 fully saturated rings. The summed E-state index contributed by atoms with van der Waals surface area (Å²) in [5, 5.41) is 10.5. The Morgan fingerprint density at radius 1 is 1.60 bits per heavy atom. The summed E-state index contributed by atoms with van der Waals surface area (Å²) in [7, 11) is 5.44. The molecule has 0 aromatic heterocycles. The van der Waals surface area contributed by atoms with Crippen molar-refractivity contribution < 1.29 is 14.1 Å². The molecular formula is C9H7BFNO3. The average Bonchev–Trinajstić information content (AvgIpc) is 2.23. The zero-order chi connectivity index (χ0) is 11.0. The van der Waals surface area contributed by atoms with Crippen LogP contribution < -0.4 is 10.2 Å². The third-order valence-corrected chi connectivity index (χ3v) is 2.34. The summed E-state index contributed by atoms with van der Waals surface area (Å²) in [6.45, 7) is 0.467. The van der Waals surface area contributed by atoms with Crippen molar-refractivity contribution in [1.82, 2.24) is 0 Å². The quantitative estimate of drug-likeness (QED) is 0.389. The molecule has 1 heterocycles. The molecule has 6 heteroatoms. The monoisotopic (exact) mass is 207 g/mol. The summed E-state index contributed by atoms with van der Waals surface area (Å²) >= 11 is 0. The maximum Gasteiger partial charge on any atom is 0.304 e. The van der Waals surface area contributed by atoms with E-state index in [-0.39, 0.29) is 11.2 Å². The molecule has 0 saturated heterocycles. The van der Waals surface area contributed by atoms with Crippen molar-refractivity contribution in [2.75, 3.05) is 6.61 Å². The van der Waals surface area contributed by atoms with E-state index in [2.05, 4.69) is 0 Å². The number of ether oxygens (including phenoxy) is 1. The van der Waals surface area contributed by atoms with Crippen molar-refractivity contribution in [2.45, 2.75) is 12.8 Å². The molecule has 76 valence electrons. The van der Waals surface area contributed by atoms with Crippen LogP contribution in [0, 0.1) is 15.9 Å². The van der Waals surface area contributed by atoms with Crippen molar-refractivity contribution >= 4 is 19.0 Å². The number of nitro benzene ring substituents is 1. The number of hydrogen-bond donors (Lipinski definition) is 0. The van der Waals surface area contributed by atoms with Gasteiger partial charge in [-0.2, -0.15) is 4.39 Å². The Bertz CT molecular complexity index is 436. The minimum Gasteiger partial charge on any atom is -0.494 e. The fourth-order valence-corrected chi connectivity index (χ4v) is 1.63. The molecular weight excluding hydrogens is 200 g/mol. The highest BCUT2D eigenvalue weighted by molar-refractivity contribution is 6.35. The van der Waals surface area contributed by atoms with Gasteiger partial charge in [-0.25, -0.2) is 0 Å². The number of nitro groups is 1. The molecule has 0 bridgehead atoms. The lowest BCUT2D eigenvalue weighted by atomic mass is 9.89. The van der Waals surface area contributed by atoms with Gasteiger partial charge in [0.05, 0.1) is 11.5 Å². The van der Waals surface area contributed by atoms with Gasteiger partial charge in [0.15, 0.2) is 5.82 Å². The van der Waals surface area contributed by atoms with Crippen molar-refractivity contribution in [3.05, 3.63) is 27.6 Å². The molecule has 0 N–H and O–H groups in total. The van der Waals surface area contributed by atoms with E-state index in [4.69, 9.17) is 12.6 Å². The van der Waals surface area contributed by atoms with Crippen LogP contribution in [-0.4, -0.2) is 19.4 Å². The molecule has 4 nitrogen and oxygen atoms in total. The van der Waals surface area contributed by atoms with Crippen LogP contribution >= 0.6 is 0 Å². The molecule has 2 rings (SSSR count). The van der Waals surface area contributed by atoms with E-state index in [0.717, 1.165) is 6.42 Å². The second kappa shape index (κ2) is 3.53. The van der Waals surface area contributed by atoms with E-state index in [0.29, 0.717) is 18.6 Å². The molecule has 0 spiro atoms. The summed E-state index contributed by atoms with van der Waals surface area (Å²) in [5.74, 6) is -0.759. The summed E-state index contributed by atoms with van der Waals surface area (Å²) < 4.78 is 18.6. The number of nitrogens with zero attached hydrogens (tertiary/aromatic N) is 1. The van der Waals surface area contributed by atoms with Crippen LogP contribution in [0.2, 0.25) is 0 Å². The van der Waals surface area contributed by atoms with Gasteiger partial charge in [-0.3, -0.25) is 10.1 Å². The average molecular weight is 207 g/mol. The van der Waals surface area contributed by atoms with Crippen LogP contribution in [-0.2, 0) is 6.42 Å². The van der Waals surface area contributed by atoms with Crippen LogP contribution in [0.15, 0.2) is 6.07 Å². The first kappa shape index (κ1) is 9.95. The Balaban J connectivity index is 2.63. The number of halogens is 1. The molecule has 0 atom stereocenters. The normalized spacial score (nSPS) is 14.2. The van der Waals surface area contributed by atoms with E-state index < -0.39 is 16.4 Å². The van der Waals surface area contributed by atoms with Crippen molar-refractivity contribution in [3.8, 4) is 5.75 Å². The zero-order valence-corrected chi connectivity index (χ0v) is 7.83. The lowest BCUT2D eigenvalue weighted by Crippen LogP contribution is -2.21. The predicted octanol–water partition coefficient (Wildman–Crippen LogP) is 0.853. The lowest BCUT2D eigenvalue weighted by molar-refractivity contribution is -0.387. The minimum absolute atomic E-state index is 0.254. The molecule has 1 aliphatic heterocycles. The van der Waals surface area contributed by atoms with E-state index in [1.807, 2.05) is 0 Å².